The number of hydrogen-bond donors (Lipinski definition) is 2. The topological polar surface area (TPSA) is 58.6 Å². The first-order valence-electron chi connectivity index (χ1n) is 6.95. The first-order valence-corrected chi connectivity index (χ1v) is 6.95. The molecule has 0 fully saturated rings. The van der Waals surface area contributed by atoms with Gasteiger partial charge in [-0.25, -0.2) is 4.79 Å². The smallest absolute Gasteiger partial charge is 0.412 e. The van der Waals surface area contributed by atoms with Crippen LogP contribution in [0.1, 0.15) is 45.2 Å². The van der Waals surface area contributed by atoms with E-state index in [1.165, 1.54) is 0 Å². The summed E-state index contributed by atoms with van der Waals surface area (Å²) in [4.78, 5) is 11.8. The Bertz CT molecular complexity index is 461. The molecule has 0 bridgehead atoms. The van der Waals surface area contributed by atoms with E-state index < -0.39 is 11.7 Å². The maximum Gasteiger partial charge on any atom is 0.412 e. The molecule has 0 radical (unpaired) electrons. The largest absolute Gasteiger partial charge is 0.444 e. The maximum absolute atomic E-state index is 11.8. The van der Waals surface area contributed by atoms with Crippen molar-refractivity contribution in [1.29, 1.82) is 0 Å². The van der Waals surface area contributed by atoms with Gasteiger partial charge in [-0.1, -0.05) is 12.1 Å². The standard InChI is InChI=1S/C16H25NO3/c1-11-6-8-13(9-7-12(2)18)10-14(11)17-15(19)20-16(3,4)5/h6,8,10,12,18H,7,9H2,1-5H3,(H,17,19)/t12-/m0/s1. The monoisotopic (exact) mass is 279 g/mol. The third-order valence-corrected chi connectivity index (χ3v) is 2.79. The number of anilines is 1. The maximum atomic E-state index is 11.8. The molecule has 0 aromatic heterocycles. The Labute approximate surface area is 121 Å². The highest BCUT2D eigenvalue weighted by Crippen LogP contribution is 2.19. The number of aliphatic hydroxyl groups excluding tert-OH is 1. The van der Waals surface area contributed by atoms with Gasteiger partial charge in [-0.3, -0.25) is 5.32 Å². The molecule has 4 heteroatoms. The predicted octanol–water partition coefficient (Wildman–Crippen LogP) is 3.66. The van der Waals surface area contributed by atoms with Crippen molar-refractivity contribution in [2.75, 3.05) is 5.32 Å². The number of ether oxygens (including phenoxy) is 1. The Morgan fingerprint density at radius 2 is 2.05 bits per heavy atom. The Kier molecular flexibility index (Phi) is 5.57. The summed E-state index contributed by atoms with van der Waals surface area (Å²) in [5, 5.41) is 12.1. The second kappa shape index (κ2) is 6.75. The highest BCUT2D eigenvalue weighted by molar-refractivity contribution is 5.86. The number of carbonyl (C=O) groups excluding carboxylic acids is 1. The molecule has 0 spiro atoms. The van der Waals surface area contributed by atoms with Crippen molar-refractivity contribution in [2.45, 2.75) is 59.2 Å². The van der Waals surface area contributed by atoms with Crippen LogP contribution in [0, 0.1) is 6.92 Å². The van der Waals surface area contributed by atoms with Crippen LogP contribution >= 0.6 is 0 Å². The molecule has 1 aromatic carbocycles. The zero-order chi connectivity index (χ0) is 15.3. The van der Waals surface area contributed by atoms with Gasteiger partial charge in [0.05, 0.1) is 6.10 Å². The summed E-state index contributed by atoms with van der Waals surface area (Å²) in [5.41, 5.74) is 2.31. The van der Waals surface area contributed by atoms with Gasteiger partial charge in [-0.15, -0.1) is 0 Å². The number of aryl methyl sites for hydroxylation is 2. The fourth-order valence-corrected chi connectivity index (χ4v) is 1.75. The van der Waals surface area contributed by atoms with E-state index in [2.05, 4.69) is 5.32 Å². The molecule has 0 saturated heterocycles. The van der Waals surface area contributed by atoms with Gasteiger partial charge in [0.25, 0.3) is 0 Å². The summed E-state index contributed by atoms with van der Waals surface area (Å²) in [5.74, 6) is 0. The molecule has 0 aliphatic heterocycles. The number of amides is 1. The summed E-state index contributed by atoms with van der Waals surface area (Å²) < 4.78 is 5.24. The second-order valence-corrected chi connectivity index (χ2v) is 6.16. The lowest BCUT2D eigenvalue weighted by atomic mass is 10.0. The molecular formula is C16H25NO3. The fraction of sp³-hybridized carbons (Fsp3) is 0.562. The molecule has 1 amide bonds. The number of rotatable bonds is 4. The van der Waals surface area contributed by atoms with Crippen molar-refractivity contribution in [2.24, 2.45) is 0 Å². The number of aliphatic hydroxyl groups is 1. The summed E-state index contributed by atoms with van der Waals surface area (Å²) in [6.07, 6.45) is 0.711. The summed E-state index contributed by atoms with van der Waals surface area (Å²) in [6, 6.07) is 5.91. The Balaban J connectivity index is 2.73. The predicted molar refractivity (Wildman–Crippen MR) is 81.0 cm³/mol. The molecule has 1 atom stereocenters. The minimum Gasteiger partial charge on any atom is -0.444 e. The summed E-state index contributed by atoms with van der Waals surface area (Å²) >= 11 is 0. The zero-order valence-electron chi connectivity index (χ0n) is 13.0. The van der Waals surface area contributed by atoms with Crippen LogP contribution in [0.15, 0.2) is 18.2 Å². The molecule has 0 heterocycles. The van der Waals surface area contributed by atoms with Crippen LogP contribution in [0.25, 0.3) is 0 Å². The van der Waals surface area contributed by atoms with Crippen LogP contribution in [0.5, 0.6) is 0 Å². The van der Waals surface area contributed by atoms with Crippen LogP contribution in [0.2, 0.25) is 0 Å². The van der Waals surface area contributed by atoms with Crippen molar-refractivity contribution >= 4 is 11.8 Å². The van der Waals surface area contributed by atoms with Gasteiger partial charge >= 0.3 is 6.09 Å². The van der Waals surface area contributed by atoms with E-state index in [-0.39, 0.29) is 6.10 Å². The second-order valence-electron chi connectivity index (χ2n) is 6.16. The first-order chi connectivity index (χ1) is 9.17. The van der Waals surface area contributed by atoms with Crippen LogP contribution in [-0.2, 0) is 11.2 Å². The van der Waals surface area contributed by atoms with Gasteiger partial charge in [-0.2, -0.15) is 0 Å². The van der Waals surface area contributed by atoms with Crippen molar-refractivity contribution in [3.63, 3.8) is 0 Å². The highest BCUT2D eigenvalue weighted by Gasteiger charge is 2.16. The number of hydrogen-bond acceptors (Lipinski definition) is 3. The van der Waals surface area contributed by atoms with E-state index in [1.54, 1.807) is 6.92 Å². The number of benzene rings is 1. The third kappa shape index (κ3) is 6.06. The van der Waals surface area contributed by atoms with E-state index in [0.717, 1.165) is 23.2 Å². The van der Waals surface area contributed by atoms with Gasteiger partial charge in [-0.05, 0) is 64.7 Å². The average molecular weight is 279 g/mol. The lowest BCUT2D eigenvalue weighted by molar-refractivity contribution is 0.0636. The van der Waals surface area contributed by atoms with Crippen LogP contribution in [-0.4, -0.2) is 22.9 Å². The van der Waals surface area contributed by atoms with Crippen LogP contribution in [0.4, 0.5) is 10.5 Å². The number of nitrogens with one attached hydrogen (secondary N) is 1. The normalized spacial score (nSPS) is 12.9. The lowest BCUT2D eigenvalue weighted by Gasteiger charge is -2.20. The Hall–Kier alpha value is -1.55. The summed E-state index contributed by atoms with van der Waals surface area (Å²) in [6.45, 7) is 9.20. The van der Waals surface area contributed by atoms with Gasteiger partial charge in [0, 0.05) is 5.69 Å². The third-order valence-electron chi connectivity index (χ3n) is 2.79. The first kappa shape index (κ1) is 16.5. The van der Waals surface area contributed by atoms with Gasteiger partial charge in [0.1, 0.15) is 5.60 Å². The number of carbonyl (C=O) groups is 1. The molecule has 1 aromatic rings. The fourth-order valence-electron chi connectivity index (χ4n) is 1.75. The van der Waals surface area contributed by atoms with Gasteiger partial charge in [0.15, 0.2) is 0 Å². The Morgan fingerprint density at radius 1 is 1.40 bits per heavy atom. The molecule has 0 unspecified atom stereocenters. The van der Waals surface area contributed by atoms with E-state index in [4.69, 9.17) is 4.74 Å². The van der Waals surface area contributed by atoms with Crippen molar-refractivity contribution < 1.29 is 14.6 Å². The molecule has 20 heavy (non-hydrogen) atoms. The van der Waals surface area contributed by atoms with Crippen LogP contribution in [0.3, 0.4) is 0 Å². The lowest BCUT2D eigenvalue weighted by Crippen LogP contribution is -2.27. The molecule has 112 valence electrons. The van der Waals surface area contributed by atoms with E-state index in [1.807, 2.05) is 45.9 Å². The molecule has 2 N–H and O–H groups in total. The average Bonchev–Trinajstić information content (AvgIpc) is 2.27. The van der Waals surface area contributed by atoms with Gasteiger partial charge < -0.3 is 9.84 Å². The van der Waals surface area contributed by atoms with E-state index in [0.29, 0.717) is 6.42 Å². The minimum atomic E-state index is -0.512. The van der Waals surface area contributed by atoms with Crippen molar-refractivity contribution in [3.05, 3.63) is 29.3 Å². The quantitative estimate of drug-likeness (QED) is 0.884. The minimum absolute atomic E-state index is 0.321. The highest BCUT2D eigenvalue weighted by atomic mass is 16.6. The van der Waals surface area contributed by atoms with Crippen molar-refractivity contribution in [3.8, 4) is 0 Å². The molecule has 1 rings (SSSR count). The van der Waals surface area contributed by atoms with Crippen molar-refractivity contribution in [1.82, 2.24) is 0 Å². The van der Waals surface area contributed by atoms with E-state index in [9.17, 15) is 9.90 Å². The SMILES string of the molecule is Cc1ccc(CC[C@H](C)O)cc1NC(=O)OC(C)(C)C. The Morgan fingerprint density at radius 3 is 2.60 bits per heavy atom. The van der Waals surface area contributed by atoms with E-state index >= 15 is 0 Å². The van der Waals surface area contributed by atoms with Crippen LogP contribution < -0.4 is 5.32 Å². The molecule has 0 saturated carbocycles. The zero-order valence-corrected chi connectivity index (χ0v) is 13.0. The molecular weight excluding hydrogens is 254 g/mol. The summed E-state index contributed by atoms with van der Waals surface area (Å²) in [7, 11) is 0. The molecule has 0 aliphatic rings. The molecule has 4 nitrogen and oxygen atoms in total. The molecule has 0 aliphatic carbocycles. The van der Waals surface area contributed by atoms with Gasteiger partial charge in [0.2, 0.25) is 0 Å².